The Hall–Kier alpha value is -0.740. The zero-order valence-electron chi connectivity index (χ0n) is 12.0. The Balaban J connectivity index is 2.53. The summed E-state index contributed by atoms with van der Waals surface area (Å²) >= 11 is 1.79. The number of hydrogen-bond acceptors (Lipinski definition) is 3. The van der Waals surface area contributed by atoms with Crippen molar-refractivity contribution in [1.82, 2.24) is 5.32 Å². The fraction of sp³-hybridized carbons (Fsp3) is 0.600. The summed E-state index contributed by atoms with van der Waals surface area (Å²) in [5.41, 5.74) is 0.959. The van der Waals surface area contributed by atoms with E-state index in [1.807, 2.05) is 13.0 Å². The molecule has 0 amide bonds. The zero-order chi connectivity index (χ0) is 14.1. The normalized spacial score (nSPS) is 12.4. The Morgan fingerprint density at radius 2 is 2.16 bits per heavy atom. The van der Waals surface area contributed by atoms with E-state index >= 15 is 0 Å². The van der Waals surface area contributed by atoms with Gasteiger partial charge in [-0.05, 0) is 43.3 Å². The summed E-state index contributed by atoms with van der Waals surface area (Å²) in [6.07, 6.45) is 1.07. The molecule has 2 nitrogen and oxygen atoms in total. The van der Waals surface area contributed by atoms with Crippen molar-refractivity contribution in [2.75, 3.05) is 24.7 Å². The average Bonchev–Trinajstić information content (AvgIpc) is 2.42. The molecule has 1 aromatic carbocycles. The van der Waals surface area contributed by atoms with Crippen LogP contribution in [0.5, 0.6) is 5.75 Å². The lowest BCUT2D eigenvalue weighted by atomic mass is 10.1. The molecule has 0 radical (unpaired) electrons. The van der Waals surface area contributed by atoms with Gasteiger partial charge >= 0.3 is 0 Å². The summed E-state index contributed by atoms with van der Waals surface area (Å²) in [5.74, 6) is 2.03. The second kappa shape index (κ2) is 9.21. The lowest BCUT2D eigenvalue weighted by Crippen LogP contribution is -2.19. The number of benzene rings is 1. The third-order valence-corrected chi connectivity index (χ3v) is 3.71. The highest BCUT2D eigenvalue weighted by molar-refractivity contribution is 7.99. The van der Waals surface area contributed by atoms with Crippen LogP contribution in [0.15, 0.2) is 18.2 Å². The maximum atomic E-state index is 13.9. The maximum Gasteiger partial charge on any atom is 0.165 e. The second-order valence-electron chi connectivity index (χ2n) is 4.41. The number of thioether (sulfide) groups is 1. The molecule has 19 heavy (non-hydrogen) atoms. The van der Waals surface area contributed by atoms with E-state index in [1.165, 1.54) is 0 Å². The van der Waals surface area contributed by atoms with Crippen LogP contribution in [0.25, 0.3) is 0 Å². The first-order valence-corrected chi connectivity index (χ1v) is 8.07. The van der Waals surface area contributed by atoms with Gasteiger partial charge in [0.2, 0.25) is 0 Å². The van der Waals surface area contributed by atoms with Crippen molar-refractivity contribution >= 4 is 11.8 Å². The van der Waals surface area contributed by atoms with Gasteiger partial charge in [0.1, 0.15) is 0 Å². The molecule has 0 saturated heterocycles. The van der Waals surface area contributed by atoms with Gasteiger partial charge in [-0.25, -0.2) is 4.39 Å². The van der Waals surface area contributed by atoms with Gasteiger partial charge in [-0.1, -0.05) is 19.9 Å². The minimum absolute atomic E-state index is 0.166. The molecule has 0 aromatic heterocycles. The summed E-state index contributed by atoms with van der Waals surface area (Å²) in [6.45, 7) is 7.76. The molecule has 0 aliphatic rings. The van der Waals surface area contributed by atoms with E-state index in [9.17, 15) is 4.39 Å². The van der Waals surface area contributed by atoms with E-state index in [2.05, 4.69) is 19.2 Å². The highest BCUT2D eigenvalue weighted by Crippen LogP contribution is 2.22. The van der Waals surface area contributed by atoms with Crippen LogP contribution in [0.1, 0.15) is 38.8 Å². The lowest BCUT2D eigenvalue weighted by Gasteiger charge is -2.15. The molecule has 4 heteroatoms. The SMILES string of the molecule is CCCNC(C)c1ccc(OCCSCC)c(F)c1. The summed E-state index contributed by atoms with van der Waals surface area (Å²) in [6, 6.07) is 5.39. The molecule has 0 bridgehead atoms. The molecular weight excluding hydrogens is 261 g/mol. The van der Waals surface area contributed by atoms with Gasteiger partial charge in [0, 0.05) is 11.8 Å². The van der Waals surface area contributed by atoms with E-state index in [1.54, 1.807) is 23.9 Å². The van der Waals surface area contributed by atoms with Gasteiger partial charge in [0.05, 0.1) is 6.61 Å². The first-order valence-electron chi connectivity index (χ1n) is 6.92. The Morgan fingerprint density at radius 3 is 2.79 bits per heavy atom. The Bertz CT molecular complexity index is 373. The van der Waals surface area contributed by atoms with Crippen molar-refractivity contribution in [3.63, 3.8) is 0 Å². The Kier molecular flexibility index (Phi) is 7.91. The van der Waals surface area contributed by atoms with E-state index in [4.69, 9.17) is 4.74 Å². The molecular formula is C15H24FNOS. The van der Waals surface area contributed by atoms with Crippen molar-refractivity contribution in [3.8, 4) is 5.75 Å². The monoisotopic (exact) mass is 285 g/mol. The zero-order valence-corrected chi connectivity index (χ0v) is 12.9. The van der Waals surface area contributed by atoms with Gasteiger partial charge in [0.15, 0.2) is 11.6 Å². The standard InChI is InChI=1S/C15H24FNOS/c1-4-8-17-12(3)13-6-7-15(14(16)11-13)18-9-10-19-5-2/h6-7,11-12,17H,4-5,8-10H2,1-3H3. The van der Waals surface area contributed by atoms with Crippen molar-refractivity contribution in [1.29, 1.82) is 0 Å². The summed E-state index contributed by atoms with van der Waals surface area (Å²) in [7, 11) is 0. The van der Waals surface area contributed by atoms with Crippen LogP contribution in [0.4, 0.5) is 4.39 Å². The minimum Gasteiger partial charge on any atom is -0.490 e. The van der Waals surface area contributed by atoms with Gasteiger partial charge in [-0.3, -0.25) is 0 Å². The van der Waals surface area contributed by atoms with E-state index < -0.39 is 0 Å². The van der Waals surface area contributed by atoms with Gasteiger partial charge in [-0.15, -0.1) is 0 Å². The van der Waals surface area contributed by atoms with Gasteiger partial charge < -0.3 is 10.1 Å². The predicted molar refractivity (Wildman–Crippen MR) is 81.6 cm³/mol. The minimum atomic E-state index is -0.274. The first kappa shape index (κ1) is 16.3. The first-order chi connectivity index (χ1) is 9.19. The van der Waals surface area contributed by atoms with Crippen LogP contribution in [0.3, 0.4) is 0 Å². The van der Waals surface area contributed by atoms with E-state index in [0.717, 1.165) is 30.0 Å². The van der Waals surface area contributed by atoms with Crippen LogP contribution in [0, 0.1) is 5.82 Å². The lowest BCUT2D eigenvalue weighted by molar-refractivity contribution is 0.324. The molecule has 0 aliphatic carbocycles. The molecule has 1 unspecified atom stereocenters. The maximum absolute atomic E-state index is 13.9. The summed E-state index contributed by atoms with van der Waals surface area (Å²) in [4.78, 5) is 0. The fourth-order valence-corrected chi connectivity index (χ4v) is 2.23. The second-order valence-corrected chi connectivity index (χ2v) is 5.80. The van der Waals surface area contributed by atoms with E-state index in [0.29, 0.717) is 12.4 Å². The van der Waals surface area contributed by atoms with Crippen molar-refractivity contribution in [3.05, 3.63) is 29.6 Å². The number of hydrogen-bond donors (Lipinski definition) is 1. The number of nitrogens with one attached hydrogen (secondary N) is 1. The molecule has 108 valence electrons. The van der Waals surface area contributed by atoms with Crippen LogP contribution < -0.4 is 10.1 Å². The fourth-order valence-electron chi connectivity index (χ4n) is 1.74. The molecule has 1 atom stereocenters. The van der Waals surface area contributed by atoms with Crippen LogP contribution >= 0.6 is 11.8 Å². The smallest absolute Gasteiger partial charge is 0.165 e. The third-order valence-electron chi connectivity index (χ3n) is 2.85. The molecule has 0 heterocycles. The van der Waals surface area contributed by atoms with Crippen molar-refractivity contribution in [2.45, 2.75) is 33.2 Å². The van der Waals surface area contributed by atoms with Crippen molar-refractivity contribution < 1.29 is 9.13 Å². The highest BCUT2D eigenvalue weighted by atomic mass is 32.2. The van der Waals surface area contributed by atoms with Crippen LogP contribution in [-0.4, -0.2) is 24.7 Å². The summed E-state index contributed by atoms with van der Waals surface area (Å²) < 4.78 is 19.3. The number of rotatable bonds is 9. The number of halogens is 1. The van der Waals surface area contributed by atoms with Gasteiger partial charge in [0.25, 0.3) is 0 Å². The van der Waals surface area contributed by atoms with Crippen LogP contribution in [0.2, 0.25) is 0 Å². The molecule has 1 aromatic rings. The molecule has 0 spiro atoms. The van der Waals surface area contributed by atoms with Gasteiger partial charge in [-0.2, -0.15) is 11.8 Å². The molecule has 1 N–H and O–H groups in total. The molecule has 1 rings (SSSR count). The quantitative estimate of drug-likeness (QED) is 0.692. The van der Waals surface area contributed by atoms with Crippen LogP contribution in [-0.2, 0) is 0 Å². The average molecular weight is 285 g/mol. The predicted octanol–water partition coefficient (Wildman–Crippen LogP) is 4.02. The summed E-state index contributed by atoms with van der Waals surface area (Å²) in [5, 5.41) is 3.34. The third kappa shape index (κ3) is 5.83. The van der Waals surface area contributed by atoms with Crippen molar-refractivity contribution in [2.24, 2.45) is 0 Å². The van der Waals surface area contributed by atoms with E-state index in [-0.39, 0.29) is 11.9 Å². The highest BCUT2D eigenvalue weighted by Gasteiger charge is 2.09. The molecule has 0 fully saturated rings. The Labute approximate surface area is 120 Å². The topological polar surface area (TPSA) is 21.3 Å². The molecule has 0 aliphatic heterocycles. The largest absolute Gasteiger partial charge is 0.490 e. The molecule has 0 saturated carbocycles. The Morgan fingerprint density at radius 1 is 1.37 bits per heavy atom. The number of ether oxygens (including phenoxy) is 1.